The lowest BCUT2D eigenvalue weighted by molar-refractivity contribution is -0.137. The molecular weight excluding hydrogens is 427 g/mol. The van der Waals surface area contributed by atoms with E-state index in [0.717, 1.165) is 49.2 Å². The Labute approximate surface area is 183 Å². The van der Waals surface area contributed by atoms with Gasteiger partial charge in [0.2, 0.25) is 5.91 Å². The van der Waals surface area contributed by atoms with Gasteiger partial charge in [-0.15, -0.1) is 11.3 Å². The summed E-state index contributed by atoms with van der Waals surface area (Å²) in [7, 11) is 0. The van der Waals surface area contributed by atoms with Crippen molar-refractivity contribution in [2.45, 2.75) is 58.7 Å². The Morgan fingerprint density at radius 1 is 1.10 bits per heavy atom. The summed E-state index contributed by atoms with van der Waals surface area (Å²) in [4.78, 5) is 27.4. The number of benzene rings is 1. The van der Waals surface area contributed by atoms with Gasteiger partial charge in [-0.05, 0) is 69.2 Å². The Morgan fingerprint density at radius 3 is 2.16 bits per heavy atom. The van der Waals surface area contributed by atoms with Crippen LogP contribution in [0.2, 0.25) is 0 Å². The lowest BCUT2D eigenvalue weighted by atomic mass is 9.82. The number of carboxylic acids is 1. The number of halogens is 3. The molecule has 0 bridgehead atoms. The number of anilines is 1. The van der Waals surface area contributed by atoms with E-state index in [1.165, 1.54) is 12.1 Å². The number of hydrogen-bond acceptors (Lipinski definition) is 3. The SMILES string of the molecule is CC1CCC(C(=O)N(c2cc(-c3ccc(C(F)(F)F)cc3)sc2C(=O)O)C(C)C)CC1. The lowest BCUT2D eigenvalue weighted by Crippen LogP contribution is -2.42. The zero-order chi connectivity index (χ0) is 22.9. The van der Waals surface area contributed by atoms with Crippen LogP contribution < -0.4 is 4.90 Å². The van der Waals surface area contributed by atoms with Gasteiger partial charge < -0.3 is 10.0 Å². The molecule has 1 N–H and O–H groups in total. The quantitative estimate of drug-likeness (QED) is 0.548. The van der Waals surface area contributed by atoms with E-state index in [1.54, 1.807) is 11.0 Å². The van der Waals surface area contributed by atoms with Gasteiger partial charge in [0.25, 0.3) is 0 Å². The van der Waals surface area contributed by atoms with Gasteiger partial charge in [0.1, 0.15) is 4.88 Å². The fraction of sp³-hybridized carbons (Fsp3) is 0.478. The van der Waals surface area contributed by atoms with Crippen LogP contribution in [0.1, 0.15) is 61.7 Å². The van der Waals surface area contributed by atoms with Crippen LogP contribution in [0, 0.1) is 11.8 Å². The van der Waals surface area contributed by atoms with Crippen molar-refractivity contribution in [1.29, 1.82) is 0 Å². The Kier molecular flexibility index (Phi) is 6.79. The molecule has 8 heteroatoms. The maximum Gasteiger partial charge on any atom is 0.416 e. The van der Waals surface area contributed by atoms with Gasteiger partial charge in [-0.2, -0.15) is 13.2 Å². The number of amides is 1. The van der Waals surface area contributed by atoms with E-state index < -0.39 is 17.7 Å². The van der Waals surface area contributed by atoms with Gasteiger partial charge in [0.05, 0.1) is 11.3 Å². The van der Waals surface area contributed by atoms with Crippen molar-refractivity contribution in [3.63, 3.8) is 0 Å². The van der Waals surface area contributed by atoms with Gasteiger partial charge in [-0.3, -0.25) is 4.79 Å². The molecule has 1 aliphatic rings. The molecule has 3 rings (SSSR count). The number of thiophene rings is 1. The second-order valence-electron chi connectivity index (χ2n) is 8.46. The molecule has 0 radical (unpaired) electrons. The van der Waals surface area contributed by atoms with E-state index in [9.17, 15) is 27.9 Å². The van der Waals surface area contributed by atoms with Gasteiger partial charge in [-0.25, -0.2) is 4.79 Å². The predicted molar refractivity (Wildman–Crippen MR) is 115 cm³/mol. The van der Waals surface area contributed by atoms with E-state index >= 15 is 0 Å². The zero-order valence-corrected chi connectivity index (χ0v) is 18.5. The van der Waals surface area contributed by atoms with E-state index in [1.807, 2.05) is 13.8 Å². The summed E-state index contributed by atoms with van der Waals surface area (Å²) in [6, 6.07) is 5.97. The lowest BCUT2D eigenvalue weighted by Gasteiger charge is -2.33. The first-order valence-electron chi connectivity index (χ1n) is 10.4. The Hall–Kier alpha value is -2.35. The fourth-order valence-electron chi connectivity index (χ4n) is 4.03. The molecule has 0 saturated heterocycles. The van der Waals surface area contributed by atoms with Crippen LogP contribution in [-0.2, 0) is 11.0 Å². The molecule has 2 aromatic rings. The summed E-state index contributed by atoms with van der Waals surface area (Å²) >= 11 is 0.970. The minimum absolute atomic E-state index is 0.0149. The van der Waals surface area contributed by atoms with Gasteiger partial charge >= 0.3 is 12.1 Å². The molecule has 1 aromatic heterocycles. The monoisotopic (exact) mass is 453 g/mol. The summed E-state index contributed by atoms with van der Waals surface area (Å²) in [6.45, 7) is 5.84. The summed E-state index contributed by atoms with van der Waals surface area (Å²) < 4.78 is 38.6. The van der Waals surface area contributed by atoms with Crippen LogP contribution in [-0.4, -0.2) is 23.0 Å². The maximum atomic E-state index is 13.3. The molecule has 168 valence electrons. The molecule has 1 aromatic carbocycles. The van der Waals surface area contributed by atoms with E-state index in [4.69, 9.17) is 0 Å². The van der Waals surface area contributed by atoms with Crippen LogP contribution in [0.3, 0.4) is 0 Å². The van der Waals surface area contributed by atoms with Gasteiger partial charge in [0, 0.05) is 16.8 Å². The minimum atomic E-state index is -4.44. The minimum Gasteiger partial charge on any atom is -0.477 e. The second kappa shape index (κ2) is 9.02. The number of carbonyl (C=O) groups excluding carboxylic acids is 1. The molecule has 0 spiro atoms. The number of nitrogens with zero attached hydrogens (tertiary/aromatic N) is 1. The van der Waals surface area contributed by atoms with Crippen LogP contribution in [0.5, 0.6) is 0 Å². The molecule has 4 nitrogen and oxygen atoms in total. The Balaban J connectivity index is 1.98. The first kappa shape index (κ1) is 23.3. The van der Waals surface area contributed by atoms with Crippen molar-refractivity contribution >= 4 is 28.9 Å². The molecule has 1 fully saturated rings. The maximum absolute atomic E-state index is 13.3. The highest BCUT2D eigenvalue weighted by molar-refractivity contribution is 7.18. The van der Waals surface area contributed by atoms with Gasteiger partial charge in [0.15, 0.2) is 0 Å². The third-order valence-electron chi connectivity index (χ3n) is 5.78. The van der Waals surface area contributed by atoms with Crippen molar-refractivity contribution in [3.8, 4) is 10.4 Å². The highest BCUT2D eigenvalue weighted by Gasteiger charge is 2.34. The van der Waals surface area contributed by atoms with Crippen LogP contribution in [0.15, 0.2) is 30.3 Å². The summed E-state index contributed by atoms with van der Waals surface area (Å²) in [6.07, 6.45) is -0.949. The Bertz CT molecular complexity index is 942. The average Bonchev–Trinajstić information content (AvgIpc) is 3.13. The number of rotatable bonds is 5. The molecule has 0 aliphatic heterocycles. The summed E-state index contributed by atoms with van der Waals surface area (Å²) in [5.74, 6) is -0.803. The van der Waals surface area contributed by atoms with Crippen molar-refractivity contribution in [2.75, 3.05) is 4.90 Å². The first-order chi connectivity index (χ1) is 14.5. The summed E-state index contributed by atoms with van der Waals surface area (Å²) in [5.41, 5.74) is 0.0254. The highest BCUT2D eigenvalue weighted by atomic mass is 32.1. The topological polar surface area (TPSA) is 57.6 Å². The first-order valence-corrected chi connectivity index (χ1v) is 11.2. The molecule has 1 saturated carbocycles. The second-order valence-corrected chi connectivity index (χ2v) is 9.52. The van der Waals surface area contributed by atoms with Crippen molar-refractivity contribution in [2.24, 2.45) is 11.8 Å². The molecule has 1 amide bonds. The van der Waals surface area contributed by atoms with E-state index in [2.05, 4.69) is 6.92 Å². The van der Waals surface area contributed by atoms with Crippen molar-refractivity contribution in [1.82, 2.24) is 0 Å². The third-order valence-corrected chi connectivity index (χ3v) is 6.94. The predicted octanol–water partition coefficient (Wildman–Crippen LogP) is 6.70. The number of aromatic carboxylic acids is 1. The standard InChI is InChI=1S/C23H26F3NO3S/c1-13(2)27(21(28)16-6-4-14(3)5-7-16)18-12-19(31-20(18)22(29)30)15-8-10-17(11-9-15)23(24,25)26/h8-14,16H,4-7H2,1-3H3,(H,29,30). The van der Waals surface area contributed by atoms with Gasteiger partial charge in [-0.1, -0.05) is 19.1 Å². The smallest absolute Gasteiger partial charge is 0.416 e. The molecule has 0 unspecified atom stereocenters. The molecule has 0 atom stereocenters. The molecule has 1 aliphatic carbocycles. The number of carboxylic acid groups (broad SMARTS) is 1. The molecule has 31 heavy (non-hydrogen) atoms. The van der Waals surface area contributed by atoms with Crippen LogP contribution >= 0.6 is 11.3 Å². The normalized spacial score (nSPS) is 19.5. The van der Waals surface area contributed by atoms with E-state index in [-0.39, 0.29) is 22.7 Å². The number of alkyl halides is 3. The Morgan fingerprint density at radius 2 is 1.68 bits per heavy atom. The average molecular weight is 454 g/mol. The third kappa shape index (κ3) is 5.11. The van der Waals surface area contributed by atoms with Crippen molar-refractivity contribution in [3.05, 3.63) is 40.8 Å². The molecule has 1 heterocycles. The largest absolute Gasteiger partial charge is 0.477 e. The van der Waals surface area contributed by atoms with Crippen LogP contribution in [0.25, 0.3) is 10.4 Å². The number of carbonyl (C=O) groups is 2. The zero-order valence-electron chi connectivity index (χ0n) is 17.7. The fourth-order valence-corrected chi connectivity index (χ4v) is 5.03. The molecular formula is C23H26F3NO3S. The summed E-state index contributed by atoms with van der Waals surface area (Å²) in [5, 5.41) is 9.76. The van der Waals surface area contributed by atoms with Crippen molar-refractivity contribution < 1.29 is 27.9 Å². The number of hydrogen-bond donors (Lipinski definition) is 1. The van der Waals surface area contributed by atoms with E-state index in [0.29, 0.717) is 22.0 Å². The highest BCUT2D eigenvalue weighted by Crippen LogP contribution is 2.40. The van der Waals surface area contributed by atoms with Crippen LogP contribution in [0.4, 0.5) is 18.9 Å².